The zero-order valence-corrected chi connectivity index (χ0v) is 18.4. The molecule has 9 nitrogen and oxygen atoms in total. The first kappa shape index (κ1) is 23.4. The monoisotopic (exact) mass is 459 g/mol. The molecule has 2 atom stereocenters. The lowest BCUT2D eigenvalue weighted by Gasteiger charge is -2.33. The van der Waals surface area contributed by atoms with Crippen LogP contribution < -0.4 is 10.6 Å². The van der Waals surface area contributed by atoms with E-state index in [1.807, 2.05) is 30.3 Å². The van der Waals surface area contributed by atoms with E-state index in [1.165, 1.54) is 19.2 Å². The lowest BCUT2D eigenvalue weighted by molar-refractivity contribution is -0.145. The van der Waals surface area contributed by atoms with E-state index in [4.69, 9.17) is 4.74 Å². The number of methoxy groups -OCH3 is 1. The second-order valence-corrected chi connectivity index (χ2v) is 9.16. The number of ether oxygens (including phenoxy) is 1. The third-order valence-corrected chi connectivity index (χ3v) is 7.04. The molecule has 1 aliphatic rings. The Hall–Kier alpha value is -3.24. The van der Waals surface area contributed by atoms with E-state index in [0.29, 0.717) is 0 Å². The van der Waals surface area contributed by atoms with Crippen LogP contribution in [0.25, 0.3) is 0 Å². The summed E-state index contributed by atoms with van der Waals surface area (Å²) in [4.78, 5) is 37.5. The molecule has 0 aromatic heterocycles. The molecule has 0 aliphatic carbocycles. The van der Waals surface area contributed by atoms with Crippen LogP contribution in [0.15, 0.2) is 65.6 Å². The molecular weight excluding hydrogens is 434 g/mol. The normalized spacial score (nSPS) is 17.8. The van der Waals surface area contributed by atoms with Crippen LogP contribution in [0.3, 0.4) is 0 Å². The summed E-state index contributed by atoms with van der Waals surface area (Å²) in [6, 6.07) is 14.6. The Morgan fingerprint density at radius 2 is 1.75 bits per heavy atom. The zero-order valence-electron chi connectivity index (χ0n) is 17.6. The van der Waals surface area contributed by atoms with Crippen molar-refractivity contribution >= 4 is 27.8 Å². The van der Waals surface area contributed by atoms with Crippen LogP contribution in [0.1, 0.15) is 12.0 Å². The fourth-order valence-electron chi connectivity index (χ4n) is 3.52. The van der Waals surface area contributed by atoms with E-state index in [-0.39, 0.29) is 24.4 Å². The summed E-state index contributed by atoms with van der Waals surface area (Å²) in [6.07, 6.45) is -0.234. The van der Waals surface area contributed by atoms with Crippen molar-refractivity contribution in [1.29, 1.82) is 0 Å². The maximum atomic E-state index is 13.1. The van der Waals surface area contributed by atoms with E-state index in [9.17, 15) is 22.8 Å². The van der Waals surface area contributed by atoms with Crippen LogP contribution >= 0.6 is 0 Å². The average Bonchev–Trinajstić information content (AvgIpc) is 2.80. The van der Waals surface area contributed by atoms with Gasteiger partial charge in [0.25, 0.3) is 0 Å². The highest BCUT2D eigenvalue weighted by Crippen LogP contribution is 2.21. The van der Waals surface area contributed by atoms with Crippen molar-refractivity contribution in [3.8, 4) is 0 Å². The Kier molecular flexibility index (Phi) is 7.60. The van der Waals surface area contributed by atoms with Crippen LogP contribution in [0.4, 0.5) is 0 Å². The van der Waals surface area contributed by atoms with Gasteiger partial charge in [0.15, 0.2) is 0 Å². The summed E-state index contributed by atoms with van der Waals surface area (Å²) in [5.74, 6) is -1.83. The van der Waals surface area contributed by atoms with Crippen molar-refractivity contribution in [3.05, 3.63) is 66.2 Å². The molecule has 2 amide bonds. The molecule has 1 saturated heterocycles. The van der Waals surface area contributed by atoms with Gasteiger partial charge >= 0.3 is 5.97 Å². The number of benzene rings is 2. The molecule has 0 saturated carbocycles. The Bertz CT molecular complexity index is 1060. The van der Waals surface area contributed by atoms with Gasteiger partial charge in [0.05, 0.1) is 18.4 Å². The molecule has 170 valence electrons. The Balaban J connectivity index is 1.76. The van der Waals surface area contributed by atoms with Crippen molar-refractivity contribution in [2.24, 2.45) is 0 Å². The molecule has 32 heavy (non-hydrogen) atoms. The molecule has 0 bridgehead atoms. The minimum atomic E-state index is -3.99. The van der Waals surface area contributed by atoms with Gasteiger partial charge in [-0.2, -0.15) is 4.31 Å². The first-order chi connectivity index (χ1) is 15.3. The van der Waals surface area contributed by atoms with Crippen LogP contribution in [-0.4, -0.2) is 62.8 Å². The maximum Gasteiger partial charge on any atom is 0.328 e. The number of rotatable bonds is 8. The van der Waals surface area contributed by atoms with Crippen LogP contribution in [-0.2, 0) is 35.6 Å². The molecule has 0 radical (unpaired) electrons. The first-order valence-corrected chi connectivity index (χ1v) is 11.5. The minimum Gasteiger partial charge on any atom is -0.467 e. The van der Waals surface area contributed by atoms with Gasteiger partial charge in [-0.05, 0) is 17.7 Å². The van der Waals surface area contributed by atoms with Crippen molar-refractivity contribution in [2.45, 2.75) is 29.8 Å². The van der Waals surface area contributed by atoms with Crippen molar-refractivity contribution in [1.82, 2.24) is 14.9 Å². The van der Waals surface area contributed by atoms with Crippen LogP contribution in [0.5, 0.6) is 0 Å². The van der Waals surface area contributed by atoms with E-state index in [0.717, 1.165) is 9.87 Å². The first-order valence-electron chi connectivity index (χ1n) is 10.1. The number of hydrogen-bond donors (Lipinski definition) is 2. The third-order valence-electron chi connectivity index (χ3n) is 5.11. The predicted molar refractivity (Wildman–Crippen MR) is 116 cm³/mol. The van der Waals surface area contributed by atoms with Gasteiger partial charge < -0.3 is 15.4 Å². The number of sulfonamides is 1. The highest BCUT2D eigenvalue weighted by Gasteiger charge is 2.40. The van der Waals surface area contributed by atoms with Crippen LogP contribution in [0, 0.1) is 0 Å². The summed E-state index contributed by atoms with van der Waals surface area (Å²) in [6.45, 7) is 0.174. The number of amides is 2. The third kappa shape index (κ3) is 5.51. The Morgan fingerprint density at radius 1 is 1.12 bits per heavy atom. The SMILES string of the molecule is COC(=O)[C@@H](Cc1ccccc1)NC(=O)CC1C(=O)NCCN1S(=O)(=O)c1ccccc1. The quantitative estimate of drug-likeness (QED) is 0.554. The van der Waals surface area contributed by atoms with E-state index < -0.39 is 46.3 Å². The van der Waals surface area contributed by atoms with Gasteiger partial charge in [-0.1, -0.05) is 48.5 Å². The molecule has 1 unspecified atom stereocenters. The topological polar surface area (TPSA) is 122 Å². The number of nitrogens with zero attached hydrogens (tertiary/aromatic N) is 1. The average molecular weight is 460 g/mol. The van der Waals surface area contributed by atoms with Gasteiger partial charge in [0.1, 0.15) is 12.1 Å². The number of piperazine rings is 1. The fraction of sp³-hybridized carbons (Fsp3) is 0.318. The molecule has 0 spiro atoms. The summed E-state index contributed by atoms with van der Waals surface area (Å²) in [5.41, 5.74) is 0.812. The number of nitrogens with one attached hydrogen (secondary N) is 2. The van der Waals surface area contributed by atoms with Crippen molar-refractivity contribution < 1.29 is 27.5 Å². The highest BCUT2D eigenvalue weighted by atomic mass is 32.2. The molecule has 1 fully saturated rings. The number of hydrogen-bond acceptors (Lipinski definition) is 6. The van der Waals surface area contributed by atoms with E-state index >= 15 is 0 Å². The molecule has 1 heterocycles. The zero-order chi connectivity index (χ0) is 23.1. The second-order valence-electron chi connectivity index (χ2n) is 7.27. The molecule has 10 heteroatoms. The molecule has 2 aromatic rings. The number of esters is 1. The van der Waals surface area contributed by atoms with Gasteiger partial charge in [-0.3, -0.25) is 9.59 Å². The van der Waals surface area contributed by atoms with Gasteiger partial charge in [-0.25, -0.2) is 13.2 Å². The van der Waals surface area contributed by atoms with Gasteiger partial charge in [0, 0.05) is 19.5 Å². The van der Waals surface area contributed by atoms with Gasteiger partial charge in [-0.15, -0.1) is 0 Å². The lowest BCUT2D eigenvalue weighted by Crippen LogP contribution is -2.58. The molecule has 3 rings (SSSR count). The standard InChI is InChI=1S/C22H25N3O6S/c1-31-22(28)18(14-16-8-4-2-5-9-16)24-20(26)15-19-21(27)23-12-13-25(19)32(29,30)17-10-6-3-7-11-17/h2-11,18-19H,12-15H2,1H3,(H,23,27)(H,24,26)/t18-,19?/m1/s1. The van der Waals surface area contributed by atoms with E-state index in [2.05, 4.69) is 10.6 Å². The summed E-state index contributed by atoms with van der Waals surface area (Å²) in [7, 11) is -2.77. The molecule has 1 aliphatic heterocycles. The van der Waals surface area contributed by atoms with Crippen molar-refractivity contribution in [2.75, 3.05) is 20.2 Å². The summed E-state index contributed by atoms with van der Waals surface area (Å²) in [5, 5.41) is 5.18. The highest BCUT2D eigenvalue weighted by molar-refractivity contribution is 7.89. The predicted octanol–water partition coefficient (Wildman–Crippen LogP) is 0.466. The number of carbonyl (C=O) groups excluding carboxylic acids is 3. The van der Waals surface area contributed by atoms with Crippen LogP contribution in [0.2, 0.25) is 0 Å². The summed E-state index contributed by atoms with van der Waals surface area (Å²) < 4.78 is 32.0. The molecule has 2 N–H and O–H groups in total. The number of carbonyl (C=O) groups is 3. The molecule has 2 aromatic carbocycles. The Morgan fingerprint density at radius 3 is 2.38 bits per heavy atom. The van der Waals surface area contributed by atoms with Gasteiger partial charge in [0.2, 0.25) is 21.8 Å². The maximum absolute atomic E-state index is 13.1. The second kappa shape index (κ2) is 10.4. The summed E-state index contributed by atoms with van der Waals surface area (Å²) >= 11 is 0. The fourth-order valence-corrected chi connectivity index (χ4v) is 5.13. The Labute approximate surface area is 186 Å². The largest absolute Gasteiger partial charge is 0.467 e. The van der Waals surface area contributed by atoms with E-state index in [1.54, 1.807) is 18.2 Å². The van der Waals surface area contributed by atoms with Crippen molar-refractivity contribution in [3.63, 3.8) is 0 Å². The smallest absolute Gasteiger partial charge is 0.328 e. The minimum absolute atomic E-state index is 0.0331. The molecular formula is C22H25N3O6S. The lowest BCUT2D eigenvalue weighted by atomic mass is 10.1.